The van der Waals surface area contributed by atoms with Crippen LogP contribution in [-0.4, -0.2) is 15.6 Å². The standard InChI is InChI=1S/C24H21NO4S/c1-24(2,3)21-9-16-14-5-7-30-22(14)15(13-4-6-29-12-13)8-17(16)19-10-20(26)18(23(27)28)11-25(19)21/h4-8,10-12,21H,9H2,1-3H3,(H,27,28)/t21-/m0/s1. The predicted octanol–water partition coefficient (Wildman–Crippen LogP) is 5.83. The smallest absolute Gasteiger partial charge is 0.341 e. The summed E-state index contributed by atoms with van der Waals surface area (Å²) < 4.78 is 8.50. The van der Waals surface area contributed by atoms with Gasteiger partial charge in [-0.1, -0.05) is 20.8 Å². The van der Waals surface area contributed by atoms with Crippen LogP contribution >= 0.6 is 11.3 Å². The number of carbonyl (C=O) groups is 1. The number of hydrogen-bond acceptors (Lipinski definition) is 4. The van der Waals surface area contributed by atoms with Crippen LogP contribution in [0.5, 0.6) is 0 Å². The maximum atomic E-state index is 12.6. The molecule has 1 aliphatic rings. The van der Waals surface area contributed by atoms with Crippen LogP contribution in [0.2, 0.25) is 0 Å². The Balaban J connectivity index is 1.88. The van der Waals surface area contributed by atoms with Crippen molar-refractivity contribution in [2.75, 3.05) is 0 Å². The van der Waals surface area contributed by atoms with Gasteiger partial charge < -0.3 is 14.1 Å². The number of thiophene rings is 1. The van der Waals surface area contributed by atoms with E-state index in [1.165, 1.54) is 27.9 Å². The highest BCUT2D eigenvalue weighted by Gasteiger charge is 2.34. The third kappa shape index (κ3) is 2.75. The monoisotopic (exact) mass is 419 g/mol. The van der Waals surface area contributed by atoms with Crippen LogP contribution in [0.25, 0.3) is 32.5 Å². The first-order chi connectivity index (χ1) is 14.3. The highest BCUT2D eigenvalue weighted by molar-refractivity contribution is 7.17. The van der Waals surface area contributed by atoms with Gasteiger partial charge in [0.1, 0.15) is 5.56 Å². The summed E-state index contributed by atoms with van der Waals surface area (Å²) in [6.45, 7) is 6.45. The van der Waals surface area contributed by atoms with Gasteiger partial charge in [0.15, 0.2) is 5.43 Å². The minimum atomic E-state index is -1.19. The highest BCUT2D eigenvalue weighted by atomic mass is 32.1. The third-order valence-electron chi connectivity index (χ3n) is 6.00. The zero-order chi connectivity index (χ0) is 21.2. The molecule has 0 saturated heterocycles. The Morgan fingerprint density at radius 1 is 1.23 bits per heavy atom. The Morgan fingerprint density at radius 2 is 2.03 bits per heavy atom. The van der Waals surface area contributed by atoms with Gasteiger partial charge in [0.25, 0.3) is 0 Å². The predicted molar refractivity (Wildman–Crippen MR) is 118 cm³/mol. The number of pyridine rings is 1. The van der Waals surface area contributed by atoms with Crippen LogP contribution < -0.4 is 5.43 Å². The molecular weight excluding hydrogens is 398 g/mol. The molecule has 5 nitrogen and oxygen atoms in total. The summed E-state index contributed by atoms with van der Waals surface area (Å²) in [4.78, 5) is 24.3. The lowest BCUT2D eigenvalue weighted by atomic mass is 9.77. The minimum Gasteiger partial charge on any atom is -0.477 e. The van der Waals surface area contributed by atoms with Crippen LogP contribution in [0.15, 0.2) is 57.6 Å². The van der Waals surface area contributed by atoms with Crippen molar-refractivity contribution >= 4 is 27.4 Å². The number of carboxylic acid groups (broad SMARTS) is 1. The lowest BCUT2D eigenvalue weighted by Gasteiger charge is -2.39. The molecule has 4 heterocycles. The molecule has 0 radical (unpaired) electrons. The quantitative estimate of drug-likeness (QED) is 0.444. The zero-order valence-corrected chi connectivity index (χ0v) is 17.7. The Hall–Kier alpha value is -3.12. The van der Waals surface area contributed by atoms with Gasteiger partial charge in [-0.2, -0.15) is 0 Å². The molecule has 30 heavy (non-hydrogen) atoms. The summed E-state index contributed by atoms with van der Waals surface area (Å²) >= 11 is 1.70. The van der Waals surface area contributed by atoms with E-state index in [0.717, 1.165) is 28.8 Å². The molecule has 0 fully saturated rings. The summed E-state index contributed by atoms with van der Waals surface area (Å²) in [5.41, 5.74) is 4.22. The SMILES string of the molecule is CC(C)(C)[C@@H]1Cc2c(cc(-c3ccoc3)c3sccc23)-c2cc(=O)c(C(=O)O)cn21. The molecule has 0 saturated carbocycles. The van der Waals surface area contributed by atoms with E-state index >= 15 is 0 Å². The molecule has 0 unspecified atom stereocenters. The Labute approximate surface area is 177 Å². The van der Waals surface area contributed by atoms with Crippen LogP contribution in [0.1, 0.15) is 42.7 Å². The van der Waals surface area contributed by atoms with Crippen molar-refractivity contribution in [2.24, 2.45) is 5.41 Å². The molecule has 4 aromatic rings. The van der Waals surface area contributed by atoms with Crippen molar-refractivity contribution in [3.05, 3.63) is 69.7 Å². The van der Waals surface area contributed by atoms with Gasteiger partial charge in [-0.3, -0.25) is 4.79 Å². The van der Waals surface area contributed by atoms with Crippen molar-refractivity contribution in [1.82, 2.24) is 4.57 Å². The molecule has 1 aliphatic heterocycles. The fourth-order valence-corrected chi connectivity index (χ4v) is 5.44. The summed E-state index contributed by atoms with van der Waals surface area (Å²) in [5.74, 6) is -1.19. The second-order valence-electron chi connectivity index (χ2n) is 8.86. The fraction of sp³-hybridized carbons (Fsp3) is 0.250. The highest BCUT2D eigenvalue weighted by Crippen LogP contribution is 2.47. The molecule has 6 heteroatoms. The van der Waals surface area contributed by atoms with Crippen molar-refractivity contribution in [3.63, 3.8) is 0 Å². The van der Waals surface area contributed by atoms with Gasteiger partial charge in [-0.25, -0.2) is 4.79 Å². The number of fused-ring (bicyclic) bond motifs is 5. The van der Waals surface area contributed by atoms with E-state index in [4.69, 9.17) is 4.42 Å². The Kier molecular flexibility index (Phi) is 4.05. The van der Waals surface area contributed by atoms with Crippen molar-refractivity contribution in [3.8, 4) is 22.4 Å². The van der Waals surface area contributed by atoms with Crippen LogP contribution in [0.3, 0.4) is 0 Å². The van der Waals surface area contributed by atoms with E-state index in [2.05, 4.69) is 38.3 Å². The first-order valence-electron chi connectivity index (χ1n) is 9.81. The molecule has 1 atom stereocenters. The number of aromatic carboxylic acids is 1. The van der Waals surface area contributed by atoms with Crippen molar-refractivity contribution < 1.29 is 14.3 Å². The molecule has 5 rings (SSSR count). The maximum Gasteiger partial charge on any atom is 0.341 e. The number of hydrogen-bond donors (Lipinski definition) is 1. The summed E-state index contributed by atoms with van der Waals surface area (Å²) in [6, 6.07) is 7.70. The first kappa shape index (κ1) is 18.9. The number of rotatable bonds is 2. The minimum absolute atomic E-state index is 0.0292. The van der Waals surface area contributed by atoms with Crippen LogP contribution in [0, 0.1) is 5.41 Å². The number of aromatic nitrogens is 1. The topological polar surface area (TPSA) is 72.4 Å². The van der Waals surface area contributed by atoms with E-state index in [-0.39, 0.29) is 17.0 Å². The largest absolute Gasteiger partial charge is 0.477 e. The summed E-state index contributed by atoms with van der Waals surface area (Å²) in [7, 11) is 0. The molecule has 0 aliphatic carbocycles. The number of nitrogens with zero attached hydrogens (tertiary/aromatic N) is 1. The third-order valence-corrected chi connectivity index (χ3v) is 6.95. The van der Waals surface area contributed by atoms with Gasteiger partial charge in [0.2, 0.25) is 0 Å². The van der Waals surface area contributed by atoms with Gasteiger partial charge in [-0.15, -0.1) is 11.3 Å². The molecular formula is C24H21NO4S. The molecule has 1 N–H and O–H groups in total. The van der Waals surface area contributed by atoms with Crippen molar-refractivity contribution in [1.29, 1.82) is 0 Å². The number of benzene rings is 1. The van der Waals surface area contributed by atoms with Gasteiger partial charge in [-0.05, 0) is 46.4 Å². The fourth-order valence-electron chi connectivity index (χ4n) is 4.48. The second kappa shape index (κ2) is 6.44. The Morgan fingerprint density at radius 3 is 2.70 bits per heavy atom. The van der Waals surface area contributed by atoms with Gasteiger partial charge in [0, 0.05) is 39.7 Å². The second-order valence-corrected chi connectivity index (χ2v) is 9.78. The summed E-state index contributed by atoms with van der Waals surface area (Å²) in [6.07, 6.45) is 5.67. The maximum absolute atomic E-state index is 12.6. The molecule has 0 spiro atoms. The van der Waals surface area contributed by atoms with Gasteiger partial charge >= 0.3 is 5.97 Å². The van der Waals surface area contributed by atoms with E-state index < -0.39 is 11.4 Å². The summed E-state index contributed by atoms with van der Waals surface area (Å²) in [5, 5.41) is 12.8. The van der Waals surface area contributed by atoms with Crippen LogP contribution in [-0.2, 0) is 6.42 Å². The molecule has 152 valence electrons. The zero-order valence-electron chi connectivity index (χ0n) is 16.9. The normalized spacial score (nSPS) is 15.8. The Bertz CT molecular complexity index is 1350. The average Bonchev–Trinajstić information content (AvgIpc) is 3.37. The molecule has 0 amide bonds. The molecule has 1 aromatic carbocycles. The lowest BCUT2D eigenvalue weighted by molar-refractivity contribution is 0.0693. The van der Waals surface area contributed by atoms with E-state index in [0.29, 0.717) is 0 Å². The van der Waals surface area contributed by atoms with E-state index in [1.54, 1.807) is 23.9 Å². The van der Waals surface area contributed by atoms with Gasteiger partial charge in [0.05, 0.1) is 18.2 Å². The number of furan rings is 1. The lowest BCUT2D eigenvalue weighted by Crippen LogP contribution is -2.32. The number of carboxylic acids is 1. The van der Waals surface area contributed by atoms with Crippen LogP contribution in [0.4, 0.5) is 0 Å². The van der Waals surface area contributed by atoms with E-state index in [1.807, 2.05) is 10.6 Å². The van der Waals surface area contributed by atoms with Crippen molar-refractivity contribution in [2.45, 2.75) is 33.2 Å². The molecule has 3 aromatic heterocycles. The molecule has 0 bridgehead atoms. The first-order valence-corrected chi connectivity index (χ1v) is 10.7. The van der Waals surface area contributed by atoms with E-state index in [9.17, 15) is 14.7 Å². The average molecular weight is 420 g/mol.